The molecule has 3 aromatic carbocycles. The van der Waals surface area contributed by atoms with E-state index in [1.54, 1.807) is 0 Å². The quantitative estimate of drug-likeness (QED) is 0.111. The van der Waals surface area contributed by atoms with Gasteiger partial charge in [0.2, 0.25) is 0 Å². The Labute approximate surface area is 269 Å². The van der Waals surface area contributed by atoms with E-state index in [4.69, 9.17) is 0 Å². The van der Waals surface area contributed by atoms with Crippen molar-refractivity contribution >= 4 is 23.8 Å². The highest BCUT2D eigenvalue weighted by Gasteiger charge is 2.08. The normalized spacial score (nSPS) is 10.7. The molecule has 0 radical (unpaired) electrons. The maximum atomic E-state index is 4.55. The Kier molecular flexibility index (Phi) is 12.6. The lowest BCUT2D eigenvalue weighted by Crippen LogP contribution is -3.00. The second-order valence-corrected chi connectivity index (χ2v) is 9.64. The first-order valence-corrected chi connectivity index (χ1v) is 13.3. The second-order valence-electron chi connectivity index (χ2n) is 9.64. The third-order valence-corrected chi connectivity index (χ3v) is 6.58. The highest BCUT2D eigenvalue weighted by molar-refractivity contribution is 5.80. The van der Waals surface area contributed by atoms with Crippen LogP contribution in [0.15, 0.2) is 144 Å². The Morgan fingerprint density at radius 2 is 0.905 bits per heavy atom. The van der Waals surface area contributed by atoms with Gasteiger partial charge in [-0.25, -0.2) is 9.13 Å². The highest BCUT2D eigenvalue weighted by atomic mass is 79.9. The largest absolute Gasteiger partial charge is 1.00 e. The average Bonchev–Trinajstić information content (AvgIpc) is 3.01. The minimum absolute atomic E-state index is 0. The average molecular weight is 686 g/mol. The summed E-state index contributed by atoms with van der Waals surface area (Å²) in [7, 11) is 3.91. The topological polar surface area (TPSA) is 39.0 Å². The van der Waals surface area contributed by atoms with Gasteiger partial charge in [-0.05, 0) is 30.3 Å². The van der Waals surface area contributed by atoms with Crippen LogP contribution in [0.5, 0.6) is 0 Å². The first kappa shape index (κ1) is 32.4. The lowest BCUT2D eigenvalue weighted by Gasteiger charge is -2.11. The molecule has 6 nitrogen and oxygen atoms in total. The molecule has 0 fully saturated rings. The molecule has 0 bridgehead atoms. The van der Waals surface area contributed by atoms with Crippen molar-refractivity contribution in [1.82, 2.24) is 0 Å². The maximum Gasteiger partial charge on any atom is 0.173 e. The standard InChI is InChI=1S/C34H34N6.2BrH/c1-37(33-12-5-3-6-13-33)35-25-29-16-20-39(21-17-29)27-31-10-9-11-32(24-31)28-40-22-18-30(19-23-40)26-36-38(2)34-14-7-4-8-15-34;;/h3-26H,27-28H2,1-2H3;2*1H/q+2;;/p-2. The third-order valence-electron chi connectivity index (χ3n) is 6.58. The van der Waals surface area contributed by atoms with Crippen LogP contribution in [0, 0.1) is 0 Å². The predicted molar refractivity (Wildman–Crippen MR) is 163 cm³/mol. The summed E-state index contributed by atoms with van der Waals surface area (Å²) in [5.74, 6) is 0. The van der Waals surface area contributed by atoms with Crippen molar-refractivity contribution in [2.45, 2.75) is 13.1 Å². The van der Waals surface area contributed by atoms with E-state index in [0.717, 1.165) is 35.6 Å². The van der Waals surface area contributed by atoms with Crippen LogP contribution < -0.4 is 53.1 Å². The molecule has 0 aliphatic rings. The fourth-order valence-corrected chi connectivity index (χ4v) is 4.30. The Balaban J connectivity index is 0.00000242. The fourth-order valence-electron chi connectivity index (χ4n) is 4.30. The number of anilines is 2. The van der Waals surface area contributed by atoms with E-state index in [9.17, 15) is 0 Å². The molecule has 2 aromatic heterocycles. The van der Waals surface area contributed by atoms with Crippen LogP contribution in [0.25, 0.3) is 0 Å². The highest BCUT2D eigenvalue weighted by Crippen LogP contribution is 2.12. The van der Waals surface area contributed by atoms with Crippen molar-refractivity contribution in [2.24, 2.45) is 10.2 Å². The van der Waals surface area contributed by atoms with Gasteiger partial charge in [0.25, 0.3) is 0 Å². The first-order chi connectivity index (χ1) is 19.6. The molecule has 0 unspecified atom stereocenters. The maximum absolute atomic E-state index is 4.55. The number of nitrogens with zero attached hydrogens (tertiary/aromatic N) is 6. The zero-order valence-electron chi connectivity index (χ0n) is 23.7. The minimum atomic E-state index is 0. The summed E-state index contributed by atoms with van der Waals surface area (Å²) < 4.78 is 4.37. The van der Waals surface area contributed by atoms with E-state index in [1.807, 2.05) is 97.2 Å². The number of hydrogen-bond acceptors (Lipinski definition) is 4. The van der Waals surface area contributed by atoms with E-state index >= 15 is 0 Å². The van der Waals surface area contributed by atoms with Gasteiger partial charge < -0.3 is 34.0 Å². The van der Waals surface area contributed by atoms with Crippen molar-refractivity contribution in [3.63, 3.8) is 0 Å². The molecular weight excluding hydrogens is 652 g/mol. The predicted octanol–water partition coefficient (Wildman–Crippen LogP) is -0.693. The summed E-state index contributed by atoms with van der Waals surface area (Å²) in [6.07, 6.45) is 12.2. The molecular formula is C34H34Br2N6. The number of hydrogen-bond donors (Lipinski definition) is 0. The zero-order valence-corrected chi connectivity index (χ0v) is 26.9. The third kappa shape index (κ3) is 9.46. The van der Waals surface area contributed by atoms with Gasteiger partial charge in [0.15, 0.2) is 37.9 Å². The summed E-state index contributed by atoms with van der Waals surface area (Å²) >= 11 is 0. The summed E-state index contributed by atoms with van der Waals surface area (Å²) in [6.45, 7) is 1.62. The number of pyridine rings is 2. The van der Waals surface area contributed by atoms with E-state index in [1.165, 1.54) is 11.1 Å². The van der Waals surface area contributed by atoms with Crippen molar-refractivity contribution in [3.8, 4) is 0 Å². The summed E-state index contributed by atoms with van der Waals surface area (Å²) in [5.41, 5.74) is 6.76. The molecule has 0 saturated carbocycles. The smallest absolute Gasteiger partial charge is 0.173 e. The van der Waals surface area contributed by atoms with Gasteiger partial charge in [-0.3, -0.25) is 10.0 Å². The van der Waals surface area contributed by atoms with Crippen molar-refractivity contribution in [3.05, 3.63) is 156 Å². The number of halogens is 2. The van der Waals surface area contributed by atoms with Crippen LogP contribution in [0.4, 0.5) is 11.4 Å². The van der Waals surface area contributed by atoms with E-state index in [0.29, 0.717) is 0 Å². The van der Waals surface area contributed by atoms with Gasteiger partial charge in [-0.15, -0.1) is 0 Å². The number of rotatable bonds is 10. The number of para-hydroxylation sites is 2. The molecule has 5 aromatic rings. The Morgan fingerprint density at radius 3 is 1.29 bits per heavy atom. The van der Waals surface area contributed by atoms with Gasteiger partial charge in [0, 0.05) is 60.6 Å². The van der Waals surface area contributed by atoms with Gasteiger partial charge >= 0.3 is 0 Å². The van der Waals surface area contributed by atoms with Crippen LogP contribution >= 0.6 is 0 Å². The van der Waals surface area contributed by atoms with Crippen LogP contribution in [-0.2, 0) is 13.1 Å². The Hall–Kier alpha value is -4.14. The van der Waals surface area contributed by atoms with E-state index < -0.39 is 0 Å². The molecule has 214 valence electrons. The van der Waals surface area contributed by atoms with E-state index in [2.05, 4.69) is 92.7 Å². The van der Waals surface area contributed by atoms with Crippen LogP contribution in [0.1, 0.15) is 22.3 Å². The monoisotopic (exact) mass is 684 g/mol. The first-order valence-electron chi connectivity index (χ1n) is 13.3. The zero-order chi connectivity index (χ0) is 27.6. The second kappa shape index (κ2) is 16.3. The van der Waals surface area contributed by atoms with Crippen LogP contribution in [0.2, 0.25) is 0 Å². The molecule has 0 atom stereocenters. The number of hydrazone groups is 2. The molecule has 0 aliphatic heterocycles. The van der Waals surface area contributed by atoms with Crippen molar-refractivity contribution in [1.29, 1.82) is 0 Å². The van der Waals surface area contributed by atoms with Crippen LogP contribution in [-0.4, -0.2) is 26.5 Å². The van der Waals surface area contributed by atoms with Gasteiger partial charge in [-0.1, -0.05) is 54.6 Å². The summed E-state index contributed by atoms with van der Waals surface area (Å²) in [4.78, 5) is 0. The summed E-state index contributed by atoms with van der Waals surface area (Å²) in [5, 5.41) is 12.8. The molecule has 42 heavy (non-hydrogen) atoms. The molecule has 0 saturated heterocycles. The number of aromatic nitrogens is 2. The summed E-state index contributed by atoms with van der Waals surface area (Å²) in [6, 6.07) is 37.3. The van der Waals surface area contributed by atoms with Crippen LogP contribution in [0.3, 0.4) is 0 Å². The minimum Gasteiger partial charge on any atom is -1.00 e. The molecule has 0 aliphatic carbocycles. The van der Waals surface area contributed by atoms with Gasteiger partial charge in [0.1, 0.15) is 0 Å². The molecule has 0 spiro atoms. The van der Waals surface area contributed by atoms with Crippen molar-refractivity contribution < 1.29 is 43.1 Å². The van der Waals surface area contributed by atoms with Crippen molar-refractivity contribution in [2.75, 3.05) is 24.1 Å². The molecule has 5 rings (SSSR count). The molecule has 8 heteroatoms. The molecule has 0 amide bonds. The van der Waals surface area contributed by atoms with Gasteiger partial charge in [-0.2, -0.15) is 10.2 Å². The van der Waals surface area contributed by atoms with E-state index in [-0.39, 0.29) is 34.0 Å². The fraction of sp³-hybridized carbons (Fsp3) is 0.118. The Morgan fingerprint density at radius 1 is 0.524 bits per heavy atom. The molecule has 2 heterocycles. The van der Waals surface area contributed by atoms with Gasteiger partial charge in [0.05, 0.1) is 23.8 Å². The lowest BCUT2D eigenvalue weighted by atomic mass is 10.1. The SMILES string of the molecule is CN(/N=C/c1cc[n+](Cc2cccc(C[n+]3ccc(/C=N/N(C)c4ccccc4)cc3)c2)cc1)c1ccccc1.[Br-].[Br-]. The Bertz CT molecular complexity index is 1440. The molecule has 0 N–H and O–H groups in total. The number of benzene rings is 3. The lowest BCUT2D eigenvalue weighted by molar-refractivity contribution is -0.689.